The highest BCUT2D eigenvalue weighted by Crippen LogP contribution is 2.43. The molecule has 0 radical (unpaired) electrons. The Morgan fingerprint density at radius 3 is 2.70 bits per heavy atom. The molecule has 3 heterocycles. The van der Waals surface area contributed by atoms with Crippen molar-refractivity contribution in [2.24, 2.45) is 5.92 Å². The fourth-order valence-electron chi connectivity index (χ4n) is 3.23. The number of fused-ring (bicyclic) bond motifs is 1. The molecule has 0 saturated carbocycles. The fraction of sp³-hybridized carbons (Fsp3) is 0.625. The van der Waals surface area contributed by atoms with Gasteiger partial charge in [-0.25, -0.2) is 9.67 Å². The molecule has 0 aliphatic carbocycles. The van der Waals surface area contributed by atoms with Gasteiger partial charge in [0.1, 0.15) is 5.15 Å². The summed E-state index contributed by atoms with van der Waals surface area (Å²) >= 11 is 12.0. The van der Waals surface area contributed by atoms with E-state index < -0.39 is 25.4 Å². The maximum Gasteiger partial charge on any atom is 0.303 e. The SMILES string of the molecule is CC(=O)OC1[C@H](n2ncc3c(Cl)nc(Cl)nc32)O[C@H](CCP(C)(C)=O)[C@H]1C. The number of esters is 1. The topological polar surface area (TPSA) is 96.2 Å². The molecule has 0 bridgehead atoms. The van der Waals surface area contributed by atoms with Crippen LogP contribution >= 0.6 is 30.3 Å². The molecule has 1 fully saturated rings. The Morgan fingerprint density at radius 1 is 1.37 bits per heavy atom. The number of nitrogens with zero attached hydrogens (tertiary/aromatic N) is 4. The van der Waals surface area contributed by atoms with Gasteiger partial charge in [-0.3, -0.25) is 4.79 Å². The highest BCUT2D eigenvalue weighted by molar-refractivity contribution is 7.62. The average Bonchev–Trinajstić information content (AvgIpc) is 3.07. The maximum absolute atomic E-state index is 12.1. The molecule has 0 N–H and O–H groups in total. The summed E-state index contributed by atoms with van der Waals surface area (Å²) in [6.07, 6.45) is 1.15. The number of rotatable bonds is 5. The Balaban J connectivity index is 1.96. The number of hydrogen-bond donors (Lipinski definition) is 0. The number of hydrogen-bond acceptors (Lipinski definition) is 7. The van der Waals surface area contributed by atoms with Crippen LogP contribution in [0.1, 0.15) is 26.5 Å². The third kappa shape index (κ3) is 4.45. The van der Waals surface area contributed by atoms with Crippen molar-refractivity contribution in [1.82, 2.24) is 19.7 Å². The van der Waals surface area contributed by atoms with E-state index in [4.69, 9.17) is 32.7 Å². The van der Waals surface area contributed by atoms with Gasteiger partial charge in [-0.15, -0.1) is 0 Å². The summed E-state index contributed by atoms with van der Waals surface area (Å²) in [5, 5.41) is 5.00. The van der Waals surface area contributed by atoms with E-state index in [1.54, 1.807) is 13.3 Å². The van der Waals surface area contributed by atoms with Crippen LogP contribution in [0.2, 0.25) is 10.4 Å². The van der Waals surface area contributed by atoms with Crippen LogP contribution in [0, 0.1) is 5.92 Å². The Hall–Kier alpha value is -1.21. The largest absolute Gasteiger partial charge is 0.457 e. The van der Waals surface area contributed by atoms with E-state index in [2.05, 4.69) is 15.1 Å². The van der Waals surface area contributed by atoms with Crippen LogP contribution < -0.4 is 0 Å². The van der Waals surface area contributed by atoms with E-state index in [-0.39, 0.29) is 22.5 Å². The van der Waals surface area contributed by atoms with Crippen molar-refractivity contribution in [2.75, 3.05) is 19.5 Å². The highest BCUT2D eigenvalue weighted by Gasteiger charge is 2.46. The molecule has 2 aromatic heterocycles. The number of ether oxygens (including phenoxy) is 2. The first-order valence-electron chi connectivity index (χ1n) is 8.50. The number of carbonyl (C=O) groups is 1. The molecule has 0 amide bonds. The predicted octanol–water partition coefficient (Wildman–Crippen LogP) is 3.61. The number of halogens is 2. The molecular formula is C16H21Cl2N4O4P. The molecule has 8 nitrogen and oxygen atoms in total. The average molecular weight is 435 g/mol. The lowest BCUT2D eigenvalue weighted by molar-refractivity contribution is -0.154. The van der Waals surface area contributed by atoms with Crippen LogP contribution in [0.4, 0.5) is 0 Å². The van der Waals surface area contributed by atoms with Crippen molar-refractivity contribution in [3.8, 4) is 0 Å². The van der Waals surface area contributed by atoms with Gasteiger partial charge in [0, 0.05) is 19.0 Å². The highest BCUT2D eigenvalue weighted by atomic mass is 35.5. The molecule has 1 saturated heterocycles. The van der Waals surface area contributed by atoms with Gasteiger partial charge in [0.15, 0.2) is 18.0 Å². The normalized spacial score (nSPS) is 25.9. The van der Waals surface area contributed by atoms with Crippen LogP contribution in [0.5, 0.6) is 0 Å². The molecular weight excluding hydrogens is 414 g/mol. The smallest absolute Gasteiger partial charge is 0.303 e. The van der Waals surface area contributed by atoms with E-state index in [1.807, 2.05) is 6.92 Å². The minimum Gasteiger partial charge on any atom is -0.457 e. The minimum absolute atomic E-state index is 0.0150. The van der Waals surface area contributed by atoms with Crippen LogP contribution in [-0.4, -0.2) is 57.4 Å². The standard InChI is InChI=1S/C16H21Cl2N4O4P/c1-8-11(5-6-27(3,4)24)26-15(12(8)25-9(2)23)22-14-10(7-19-22)13(17)20-16(18)21-14/h7-8,11-12,15H,5-6H2,1-4H3/t8-,11-,12?,15-/m1/s1. The lowest BCUT2D eigenvalue weighted by Crippen LogP contribution is -2.30. The molecule has 1 aliphatic rings. The van der Waals surface area contributed by atoms with Crippen molar-refractivity contribution in [2.45, 2.75) is 38.7 Å². The lowest BCUT2D eigenvalue weighted by atomic mass is 9.98. The van der Waals surface area contributed by atoms with E-state index in [9.17, 15) is 9.36 Å². The third-order valence-electron chi connectivity index (χ3n) is 4.58. The molecule has 11 heteroatoms. The fourth-order valence-corrected chi connectivity index (χ4v) is 4.52. The molecule has 1 unspecified atom stereocenters. The molecule has 3 rings (SSSR count). The quantitative estimate of drug-likeness (QED) is 0.306. The van der Waals surface area contributed by atoms with Crippen molar-refractivity contribution in [1.29, 1.82) is 0 Å². The zero-order chi connectivity index (χ0) is 19.9. The summed E-state index contributed by atoms with van der Waals surface area (Å²) in [7, 11) is -2.19. The summed E-state index contributed by atoms with van der Waals surface area (Å²) in [5.74, 6) is -0.530. The molecule has 27 heavy (non-hydrogen) atoms. The lowest BCUT2D eigenvalue weighted by Gasteiger charge is -2.21. The van der Waals surface area contributed by atoms with E-state index in [0.717, 1.165) is 0 Å². The zero-order valence-electron chi connectivity index (χ0n) is 15.4. The monoisotopic (exact) mass is 434 g/mol. The first kappa shape index (κ1) is 20.5. The molecule has 1 aliphatic heterocycles. The maximum atomic E-state index is 12.1. The van der Waals surface area contributed by atoms with Crippen LogP contribution in [0.3, 0.4) is 0 Å². The molecule has 0 spiro atoms. The van der Waals surface area contributed by atoms with Gasteiger partial charge in [-0.2, -0.15) is 10.1 Å². The Morgan fingerprint density at radius 2 is 2.07 bits per heavy atom. The number of aromatic nitrogens is 4. The van der Waals surface area contributed by atoms with Crippen LogP contribution in [0.15, 0.2) is 6.20 Å². The van der Waals surface area contributed by atoms with E-state index in [0.29, 0.717) is 23.6 Å². The first-order valence-corrected chi connectivity index (χ1v) is 12.0. The van der Waals surface area contributed by atoms with E-state index >= 15 is 0 Å². The summed E-state index contributed by atoms with van der Waals surface area (Å²) < 4.78 is 25.3. The number of carbonyl (C=O) groups excluding carboxylic acids is 1. The second-order valence-corrected chi connectivity index (χ2v) is 11.5. The Bertz CT molecular complexity index is 915. The molecule has 2 aromatic rings. The summed E-state index contributed by atoms with van der Waals surface area (Å²) in [6, 6.07) is 0. The second-order valence-electron chi connectivity index (χ2n) is 7.19. The van der Waals surface area contributed by atoms with Gasteiger partial charge in [-0.05, 0) is 31.4 Å². The van der Waals surface area contributed by atoms with Gasteiger partial charge >= 0.3 is 5.97 Å². The van der Waals surface area contributed by atoms with Gasteiger partial charge < -0.3 is 14.0 Å². The molecule has 4 atom stereocenters. The third-order valence-corrected chi connectivity index (χ3v) is 6.37. The van der Waals surface area contributed by atoms with Crippen LogP contribution in [-0.2, 0) is 18.8 Å². The van der Waals surface area contributed by atoms with Gasteiger partial charge in [-0.1, -0.05) is 18.5 Å². The van der Waals surface area contributed by atoms with Gasteiger partial charge in [0.25, 0.3) is 0 Å². The Kier molecular flexibility index (Phi) is 5.82. The van der Waals surface area contributed by atoms with Gasteiger partial charge in [0.05, 0.1) is 24.8 Å². The van der Waals surface area contributed by atoms with Crippen molar-refractivity contribution < 1.29 is 18.8 Å². The predicted molar refractivity (Wildman–Crippen MR) is 103 cm³/mol. The summed E-state index contributed by atoms with van der Waals surface area (Å²) in [5.41, 5.74) is 0.395. The van der Waals surface area contributed by atoms with E-state index in [1.165, 1.54) is 17.8 Å². The zero-order valence-corrected chi connectivity index (χ0v) is 17.8. The second kappa shape index (κ2) is 7.66. The van der Waals surface area contributed by atoms with Gasteiger partial charge in [0.2, 0.25) is 5.28 Å². The minimum atomic E-state index is -2.19. The van der Waals surface area contributed by atoms with Crippen molar-refractivity contribution in [3.63, 3.8) is 0 Å². The first-order chi connectivity index (χ1) is 12.6. The molecule has 0 aromatic carbocycles. The van der Waals surface area contributed by atoms with Crippen molar-refractivity contribution in [3.05, 3.63) is 16.6 Å². The summed E-state index contributed by atoms with van der Waals surface area (Å²) in [6.45, 7) is 6.78. The van der Waals surface area contributed by atoms with Crippen molar-refractivity contribution >= 4 is 47.3 Å². The summed E-state index contributed by atoms with van der Waals surface area (Å²) in [4.78, 5) is 19.7. The molecule has 148 valence electrons. The Labute approximate surface area is 166 Å². The van der Waals surface area contributed by atoms with Crippen LogP contribution in [0.25, 0.3) is 11.0 Å².